The lowest BCUT2D eigenvalue weighted by Gasteiger charge is -2.39. The van der Waals surface area contributed by atoms with Crippen LogP contribution in [0.3, 0.4) is 0 Å². The molecule has 0 fully saturated rings. The van der Waals surface area contributed by atoms with Gasteiger partial charge in [-0.15, -0.1) is 0 Å². The van der Waals surface area contributed by atoms with Gasteiger partial charge in [0.05, 0.1) is 22.1 Å². The summed E-state index contributed by atoms with van der Waals surface area (Å²) in [6, 6.07) is 36.1. The molecule has 2 aromatic heterocycles. The fourth-order valence-electron chi connectivity index (χ4n) is 7.90. The van der Waals surface area contributed by atoms with E-state index in [1.165, 1.54) is 50.1 Å². The van der Waals surface area contributed by atoms with Gasteiger partial charge in [0, 0.05) is 5.69 Å². The third kappa shape index (κ3) is 2.26. The molecule has 0 aliphatic carbocycles. The van der Waals surface area contributed by atoms with Crippen LogP contribution < -0.4 is 16.4 Å². The van der Waals surface area contributed by atoms with Crippen molar-refractivity contribution in [2.24, 2.45) is 0 Å². The van der Waals surface area contributed by atoms with Gasteiger partial charge in [-0.1, -0.05) is 77.1 Å². The van der Waals surface area contributed by atoms with E-state index in [1.807, 2.05) is 0 Å². The topological polar surface area (TPSA) is 22.2 Å². The molecule has 0 spiro atoms. The Labute approximate surface area is 220 Å². The van der Waals surface area contributed by atoms with Crippen molar-refractivity contribution in [2.75, 3.05) is 0 Å². The maximum atomic E-state index is 5.14. The fraction of sp³-hybridized carbons (Fsp3) is 0.0882. The molecule has 0 atom stereocenters. The Morgan fingerprint density at radius 2 is 1.05 bits per heavy atom. The molecule has 38 heavy (non-hydrogen) atoms. The number of hydrogen-bond acceptors (Lipinski definition) is 1. The zero-order valence-corrected chi connectivity index (χ0v) is 20.8. The first kappa shape index (κ1) is 19.5. The normalized spacial score (nSPS) is 14.5. The lowest BCUT2D eigenvalue weighted by atomic mass is 9.28. The molecule has 0 saturated heterocycles. The van der Waals surface area contributed by atoms with E-state index < -0.39 is 0 Å². The van der Waals surface area contributed by atoms with Gasteiger partial charge < -0.3 is 0 Å². The van der Waals surface area contributed by atoms with Crippen LogP contribution in [0.15, 0.2) is 97.1 Å². The van der Waals surface area contributed by atoms with Crippen molar-refractivity contribution < 1.29 is 0 Å². The highest BCUT2D eigenvalue weighted by molar-refractivity contribution is 6.98. The first-order valence-corrected chi connectivity index (χ1v) is 13.6. The molecular formula is C34H22BN3. The summed E-state index contributed by atoms with van der Waals surface area (Å²) in [6.07, 6.45) is 3.06. The Morgan fingerprint density at radius 3 is 1.71 bits per heavy atom. The van der Waals surface area contributed by atoms with Gasteiger partial charge in [0.15, 0.2) is 0 Å². The minimum Gasteiger partial charge on any atom is -0.278 e. The molecule has 0 radical (unpaired) electrons. The van der Waals surface area contributed by atoms with Crippen molar-refractivity contribution in [3.63, 3.8) is 0 Å². The molecule has 5 heterocycles. The van der Waals surface area contributed by atoms with Gasteiger partial charge in [-0.25, -0.2) is 4.98 Å². The van der Waals surface area contributed by atoms with E-state index in [4.69, 9.17) is 4.98 Å². The van der Waals surface area contributed by atoms with Crippen LogP contribution in [-0.4, -0.2) is 20.7 Å². The Bertz CT molecular complexity index is 2100. The van der Waals surface area contributed by atoms with E-state index in [0.29, 0.717) is 6.71 Å². The predicted molar refractivity (Wildman–Crippen MR) is 155 cm³/mol. The smallest absolute Gasteiger partial charge is 0.243 e. The molecule has 0 unspecified atom stereocenters. The second-order valence-corrected chi connectivity index (χ2v) is 11.2. The summed E-state index contributed by atoms with van der Waals surface area (Å²) < 4.78 is 4.70. The molecule has 0 saturated carbocycles. The number of hydrogen-bond donors (Lipinski definition) is 0. The summed E-state index contributed by atoms with van der Waals surface area (Å²) in [5.41, 5.74) is 19.5. The largest absolute Gasteiger partial charge is 0.278 e. The number of aromatic nitrogens is 3. The number of rotatable bonds is 1. The van der Waals surface area contributed by atoms with Crippen LogP contribution in [0, 0.1) is 0 Å². The molecule has 0 bridgehead atoms. The quantitative estimate of drug-likeness (QED) is 0.312. The number of benzene rings is 5. The van der Waals surface area contributed by atoms with Crippen LogP contribution in [0.2, 0.25) is 0 Å². The molecule has 7 aromatic rings. The van der Waals surface area contributed by atoms with Gasteiger partial charge in [-0.2, -0.15) is 0 Å². The maximum Gasteiger partial charge on any atom is 0.243 e. The fourth-order valence-corrected chi connectivity index (χ4v) is 7.90. The zero-order valence-electron chi connectivity index (χ0n) is 20.8. The summed E-state index contributed by atoms with van der Waals surface area (Å²) in [5.74, 6) is 0.981. The Hall–Kier alpha value is -4.57. The first-order valence-electron chi connectivity index (χ1n) is 13.6. The summed E-state index contributed by atoms with van der Waals surface area (Å²) in [5, 5.41) is 0. The highest BCUT2D eigenvalue weighted by Crippen LogP contribution is 2.33. The van der Waals surface area contributed by atoms with Gasteiger partial charge in [0.2, 0.25) is 12.5 Å². The summed E-state index contributed by atoms with van der Waals surface area (Å²) >= 11 is 0. The number of fused-ring (bicyclic) bond motifs is 5. The SMILES string of the molecule is c1cc2c3c(c1)Cc1cc(-n4c5ccccc5n5c6ccccc6nc45)cc4c1B3c1c(cccc1C4)C2. The van der Waals surface area contributed by atoms with Gasteiger partial charge >= 0.3 is 0 Å². The standard InChI is InChI=1S/C34H22BN3/c1-2-12-28-27(11-1)36-34-37(29-13-3-4-14-30(29)38(28)34)26-18-24-16-22-9-5-7-20-15-21-8-6-10-23-17-25(19-26)33(24)35(31(20)22)32(21)23/h1-14,18-19H,15-17H2. The average molecular weight is 483 g/mol. The van der Waals surface area contributed by atoms with Crippen LogP contribution in [0.25, 0.3) is 33.5 Å². The van der Waals surface area contributed by atoms with E-state index >= 15 is 0 Å². The highest BCUT2D eigenvalue weighted by Gasteiger charge is 2.41. The first-order chi connectivity index (χ1) is 18.8. The lowest BCUT2D eigenvalue weighted by molar-refractivity contribution is 1.06. The number of para-hydroxylation sites is 4. The molecule has 0 N–H and O–H groups in total. The van der Waals surface area contributed by atoms with Crippen LogP contribution in [0.5, 0.6) is 0 Å². The Morgan fingerprint density at radius 1 is 0.526 bits per heavy atom. The molecule has 3 nitrogen and oxygen atoms in total. The third-order valence-corrected chi connectivity index (χ3v) is 9.28. The van der Waals surface area contributed by atoms with Gasteiger partial charge in [0.25, 0.3) is 0 Å². The van der Waals surface area contributed by atoms with E-state index in [2.05, 4.69) is 106 Å². The van der Waals surface area contributed by atoms with Crippen LogP contribution in [0.1, 0.15) is 33.4 Å². The van der Waals surface area contributed by atoms with E-state index in [-0.39, 0.29) is 0 Å². The summed E-state index contributed by atoms with van der Waals surface area (Å²) in [6.45, 7) is 0.373. The van der Waals surface area contributed by atoms with Crippen molar-refractivity contribution >= 4 is 50.9 Å². The summed E-state index contributed by atoms with van der Waals surface area (Å²) in [4.78, 5) is 5.14. The maximum absolute atomic E-state index is 5.14. The molecule has 5 aromatic carbocycles. The van der Waals surface area contributed by atoms with Crippen molar-refractivity contribution in [1.82, 2.24) is 14.0 Å². The molecular weight excluding hydrogens is 461 g/mol. The monoisotopic (exact) mass is 483 g/mol. The average Bonchev–Trinajstić information content (AvgIpc) is 3.47. The third-order valence-electron chi connectivity index (χ3n) is 9.28. The van der Waals surface area contributed by atoms with E-state index in [1.54, 1.807) is 16.4 Å². The van der Waals surface area contributed by atoms with Crippen LogP contribution in [-0.2, 0) is 19.3 Å². The molecule has 10 rings (SSSR count). The number of nitrogens with zero attached hydrogens (tertiary/aromatic N) is 3. The van der Waals surface area contributed by atoms with Crippen LogP contribution in [0.4, 0.5) is 0 Å². The van der Waals surface area contributed by atoms with Crippen molar-refractivity contribution in [1.29, 1.82) is 0 Å². The molecule has 0 amide bonds. The van der Waals surface area contributed by atoms with E-state index in [0.717, 1.165) is 36.1 Å². The predicted octanol–water partition coefficient (Wildman–Crippen LogP) is 4.66. The highest BCUT2D eigenvalue weighted by atomic mass is 15.2. The lowest BCUT2D eigenvalue weighted by Crippen LogP contribution is -2.64. The van der Waals surface area contributed by atoms with Gasteiger partial charge in [-0.05, 0) is 89.0 Å². The van der Waals surface area contributed by atoms with E-state index in [9.17, 15) is 0 Å². The number of imidazole rings is 2. The minimum atomic E-state index is 0.373. The second kappa shape index (κ2) is 6.65. The molecule has 4 heteroatoms. The molecule has 3 aliphatic rings. The summed E-state index contributed by atoms with van der Waals surface area (Å²) in [7, 11) is 0. The second-order valence-electron chi connectivity index (χ2n) is 11.2. The molecule has 3 aliphatic heterocycles. The Balaban J connectivity index is 1.31. The zero-order chi connectivity index (χ0) is 24.5. The van der Waals surface area contributed by atoms with Crippen molar-refractivity contribution in [3.8, 4) is 5.69 Å². The Kier molecular flexibility index (Phi) is 3.42. The van der Waals surface area contributed by atoms with Crippen LogP contribution >= 0.6 is 0 Å². The van der Waals surface area contributed by atoms with Crippen molar-refractivity contribution in [3.05, 3.63) is 130 Å². The van der Waals surface area contributed by atoms with Gasteiger partial charge in [0.1, 0.15) is 0 Å². The minimum absolute atomic E-state index is 0.373. The molecule has 176 valence electrons. The van der Waals surface area contributed by atoms with Crippen molar-refractivity contribution in [2.45, 2.75) is 19.3 Å². The van der Waals surface area contributed by atoms with Gasteiger partial charge in [-0.3, -0.25) is 8.97 Å².